The Kier molecular flexibility index (Phi) is 6.13. The van der Waals surface area contributed by atoms with Gasteiger partial charge in [-0.3, -0.25) is 4.79 Å². The van der Waals surface area contributed by atoms with E-state index in [0.29, 0.717) is 0 Å². The second-order valence-electron chi connectivity index (χ2n) is 6.37. The summed E-state index contributed by atoms with van der Waals surface area (Å²) in [5, 5.41) is 9.06. The molecule has 1 rings (SSSR count). The van der Waals surface area contributed by atoms with E-state index >= 15 is 0 Å². The van der Waals surface area contributed by atoms with Crippen LogP contribution >= 0.6 is 0 Å². The minimum absolute atomic E-state index is 0.569. The Bertz CT molecular complexity index is 255. The smallest absolute Gasteiger partial charge is 0.309 e. The Morgan fingerprint density at radius 1 is 1.33 bits per heavy atom. The number of hydrogen-bond acceptors (Lipinski definition) is 2. The zero-order chi connectivity index (χ0) is 13.6. The topological polar surface area (TPSA) is 40.5 Å². The van der Waals surface area contributed by atoms with Crippen LogP contribution in [0.1, 0.15) is 59.3 Å². The Morgan fingerprint density at radius 2 is 1.94 bits per heavy atom. The van der Waals surface area contributed by atoms with Crippen LogP contribution in [0.2, 0.25) is 0 Å². The van der Waals surface area contributed by atoms with Crippen molar-refractivity contribution in [2.45, 2.75) is 59.3 Å². The third-order valence-corrected chi connectivity index (χ3v) is 4.26. The summed E-state index contributed by atoms with van der Waals surface area (Å²) in [5.41, 5.74) is -0.569. The van der Waals surface area contributed by atoms with Crippen molar-refractivity contribution >= 4 is 5.97 Å². The number of carbonyl (C=O) groups is 1. The van der Waals surface area contributed by atoms with Gasteiger partial charge in [0.05, 0.1) is 5.41 Å². The van der Waals surface area contributed by atoms with Gasteiger partial charge in [-0.2, -0.15) is 0 Å². The minimum Gasteiger partial charge on any atom is -0.481 e. The van der Waals surface area contributed by atoms with Gasteiger partial charge in [0.25, 0.3) is 0 Å². The zero-order valence-electron chi connectivity index (χ0n) is 12.2. The van der Waals surface area contributed by atoms with E-state index in [9.17, 15) is 4.79 Å². The SMILES string of the molecule is CCCC1CCN(CCCC(C)(C)C(=O)O)CC1. The molecule has 1 aliphatic rings. The van der Waals surface area contributed by atoms with E-state index in [4.69, 9.17) is 5.11 Å². The van der Waals surface area contributed by atoms with Crippen LogP contribution in [0.5, 0.6) is 0 Å². The maximum Gasteiger partial charge on any atom is 0.309 e. The Hall–Kier alpha value is -0.570. The average Bonchev–Trinajstić information content (AvgIpc) is 2.31. The van der Waals surface area contributed by atoms with Crippen molar-refractivity contribution in [2.75, 3.05) is 19.6 Å². The summed E-state index contributed by atoms with van der Waals surface area (Å²) >= 11 is 0. The summed E-state index contributed by atoms with van der Waals surface area (Å²) in [6.07, 6.45) is 7.11. The van der Waals surface area contributed by atoms with Gasteiger partial charge in [0.2, 0.25) is 0 Å². The van der Waals surface area contributed by atoms with Crippen LogP contribution in [0, 0.1) is 11.3 Å². The van der Waals surface area contributed by atoms with Gasteiger partial charge < -0.3 is 10.0 Å². The van der Waals surface area contributed by atoms with Gasteiger partial charge in [-0.15, -0.1) is 0 Å². The number of piperidine rings is 1. The monoisotopic (exact) mass is 255 g/mol. The summed E-state index contributed by atoms with van der Waals surface area (Å²) in [4.78, 5) is 13.5. The van der Waals surface area contributed by atoms with Crippen molar-refractivity contribution in [2.24, 2.45) is 11.3 Å². The predicted octanol–water partition coefficient (Wildman–Crippen LogP) is 3.39. The normalized spacial score (nSPS) is 19.1. The Morgan fingerprint density at radius 3 is 2.44 bits per heavy atom. The summed E-state index contributed by atoms with van der Waals surface area (Å²) in [6.45, 7) is 9.39. The quantitative estimate of drug-likeness (QED) is 0.758. The molecule has 1 aliphatic heterocycles. The number of rotatable bonds is 7. The van der Waals surface area contributed by atoms with Gasteiger partial charge in [0, 0.05) is 0 Å². The molecule has 0 aromatic rings. The number of likely N-dealkylation sites (tertiary alicyclic amines) is 1. The molecule has 1 N–H and O–H groups in total. The molecular weight excluding hydrogens is 226 g/mol. The van der Waals surface area contributed by atoms with E-state index in [0.717, 1.165) is 25.3 Å². The zero-order valence-corrected chi connectivity index (χ0v) is 12.2. The maximum absolute atomic E-state index is 11.0. The molecule has 1 fully saturated rings. The lowest BCUT2D eigenvalue weighted by atomic mass is 9.87. The molecule has 106 valence electrons. The van der Waals surface area contributed by atoms with Crippen LogP contribution in [0.15, 0.2) is 0 Å². The number of nitrogens with zero attached hydrogens (tertiary/aromatic N) is 1. The molecule has 0 aliphatic carbocycles. The van der Waals surface area contributed by atoms with E-state index in [1.807, 2.05) is 13.8 Å². The molecule has 0 aromatic heterocycles. The van der Waals surface area contributed by atoms with E-state index in [1.54, 1.807) is 0 Å². The van der Waals surface area contributed by atoms with E-state index in [2.05, 4.69) is 11.8 Å². The Balaban J connectivity index is 2.16. The second-order valence-corrected chi connectivity index (χ2v) is 6.37. The molecule has 0 bridgehead atoms. The van der Waals surface area contributed by atoms with Crippen molar-refractivity contribution in [3.8, 4) is 0 Å². The highest BCUT2D eigenvalue weighted by Crippen LogP contribution is 2.25. The summed E-state index contributed by atoms with van der Waals surface area (Å²) < 4.78 is 0. The first-order chi connectivity index (χ1) is 8.45. The fraction of sp³-hybridized carbons (Fsp3) is 0.933. The summed E-state index contributed by atoms with van der Waals surface area (Å²) in [5.74, 6) is 0.255. The first-order valence-electron chi connectivity index (χ1n) is 7.41. The summed E-state index contributed by atoms with van der Waals surface area (Å²) in [7, 11) is 0. The molecule has 1 heterocycles. The van der Waals surface area contributed by atoms with Gasteiger partial charge in [-0.1, -0.05) is 19.8 Å². The van der Waals surface area contributed by atoms with E-state index in [-0.39, 0.29) is 0 Å². The van der Waals surface area contributed by atoms with Crippen LogP contribution in [0.4, 0.5) is 0 Å². The molecule has 0 unspecified atom stereocenters. The lowest BCUT2D eigenvalue weighted by molar-refractivity contribution is -0.147. The van der Waals surface area contributed by atoms with Crippen LogP contribution < -0.4 is 0 Å². The minimum atomic E-state index is -0.677. The molecular formula is C15H29NO2. The summed E-state index contributed by atoms with van der Waals surface area (Å²) in [6, 6.07) is 0. The van der Waals surface area contributed by atoms with Crippen molar-refractivity contribution in [1.82, 2.24) is 4.90 Å². The van der Waals surface area contributed by atoms with Crippen LogP contribution in [0.25, 0.3) is 0 Å². The molecule has 0 saturated carbocycles. The van der Waals surface area contributed by atoms with Crippen LogP contribution in [-0.2, 0) is 4.79 Å². The number of carboxylic acids is 1. The third-order valence-electron chi connectivity index (χ3n) is 4.26. The second kappa shape index (κ2) is 7.13. The van der Waals surface area contributed by atoms with Crippen LogP contribution in [0.3, 0.4) is 0 Å². The van der Waals surface area contributed by atoms with E-state index < -0.39 is 11.4 Å². The lowest BCUT2D eigenvalue weighted by Crippen LogP contribution is -2.35. The standard InChI is InChI=1S/C15H29NO2/c1-4-6-13-7-11-16(12-8-13)10-5-9-15(2,3)14(17)18/h13H,4-12H2,1-3H3,(H,17,18). The molecule has 18 heavy (non-hydrogen) atoms. The van der Waals surface area contributed by atoms with Crippen molar-refractivity contribution in [3.05, 3.63) is 0 Å². The van der Waals surface area contributed by atoms with Gasteiger partial charge in [-0.05, 0) is 65.1 Å². The average molecular weight is 255 g/mol. The molecule has 0 aromatic carbocycles. The first-order valence-corrected chi connectivity index (χ1v) is 7.41. The molecule has 0 atom stereocenters. The third kappa shape index (κ3) is 4.97. The molecule has 0 amide bonds. The van der Waals surface area contributed by atoms with E-state index in [1.165, 1.54) is 38.8 Å². The van der Waals surface area contributed by atoms with Crippen LogP contribution in [-0.4, -0.2) is 35.6 Å². The van der Waals surface area contributed by atoms with Crippen molar-refractivity contribution in [3.63, 3.8) is 0 Å². The van der Waals surface area contributed by atoms with Gasteiger partial charge in [-0.25, -0.2) is 0 Å². The lowest BCUT2D eigenvalue weighted by Gasteiger charge is -2.32. The van der Waals surface area contributed by atoms with Gasteiger partial charge >= 0.3 is 5.97 Å². The fourth-order valence-electron chi connectivity index (χ4n) is 2.76. The first kappa shape index (κ1) is 15.5. The molecule has 3 nitrogen and oxygen atoms in total. The molecule has 1 saturated heterocycles. The fourth-order valence-corrected chi connectivity index (χ4v) is 2.76. The molecule has 0 spiro atoms. The number of aliphatic carboxylic acids is 1. The highest BCUT2D eigenvalue weighted by molar-refractivity contribution is 5.73. The van der Waals surface area contributed by atoms with Gasteiger partial charge in [0.1, 0.15) is 0 Å². The number of carboxylic acid groups (broad SMARTS) is 1. The highest BCUT2D eigenvalue weighted by atomic mass is 16.4. The molecule has 0 radical (unpaired) electrons. The molecule has 3 heteroatoms. The highest BCUT2D eigenvalue weighted by Gasteiger charge is 2.27. The van der Waals surface area contributed by atoms with Gasteiger partial charge in [0.15, 0.2) is 0 Å². The van der Waals surface area contributed by atoms with Crippen molar-refractivity contribution < 1.29 is 9.90 Å². The number of hydrogen-bond donors (Lipinski definition) is 1. The van der Waals surface area contributed by atoms with Crippen molar-refractivity contribution in [1.29, 1.82) is 0 Å². The predicted molar refractivity (Wildman–Crippen MR) is 74.7 cm³/mol. The Labute approximate surface area is 112 Å². The maximum atomic E-state index is 11.0. The largest absolute Gasteiger partial charge is 0.481 e.